The standard InChI is InChI=1S/C16H19NO/c17-12-16(11-13-6-7-14(16)10-13)8-9-18-15-4-2-1-3-5-15/h1-5,13-14H,6-11H2. The fraction of sp³-hybridized carbons (Fsp3) is 0.562. The first kappa shape index (κ1) is 11.6. The van der Waals surface area contributed by atoms with Crippen molar-refractivity contribution in [1.29, 1.82) is 5.26 Å². The molecule has 0 saturated heterocycles. The smallest absolute Gasteiger partial charge is 0.119 e. The Labute approximate surface area is 109 Å². The minimum Gasteiger partial charge on any atom is -0.494 e. The third-order valence-corrected chi connectivity index (χ3v) is 4.76. The van der Waals surface area contributed by atoms with Crippen LogP contribution in [0.4, 0.5) is 0 Å². The van der Waals surface area contributed by atoms with Crippen molar-refractivity contribution in [2.24, 2.45) is 17.3 Å². The molecule has 2 aliphatic rings. The summed E-state index contributed by atoms with van der Waals surface area (Å²) in [6.07, 6.45) is 5.86. The Bertz CT molecular complexity index is 450. The lowest BCUT2D eigenvalue weighted by Gasteiger charge is -2.30. The van der Waals surface area contributed by atoms with Crippen molar-refractivity contribution >= 4 is 0 Å². The summed E-state index contributed by atoms with van der Waals surface area (Å²) in [5.41, 5.74) is -0.0856. The number of fused-ring (bicyclic) bond motifs is 2. The molecule has 2 aliphatic carbocycles. The van der Waals surface area contributed by atoms with Gasteiger partial charge in [0.25, 0.3) is 0 Å². The molecule has 0 aliphatic heterocycles. The van der Waals surface area contributed by atoms with Crippen LogP contribution in [0.15, 0.2) is 30.3 Å². The topological polar surface area (TPSA) is 33.0 Å². The second-order valence-corrected chi connectivity index (χ2v) is 5.76. The summed E-state index contributed by atoms with van der Waals surface area (Å²) in [7, 11) is 0. The summed E-state index contributed by atoms with van der Waals surface area (Å²) < 4.78 is 5.75. The molecule has 2 saturated carbocycles. The van der Waals surface area contributed by atoms with Crippen LogP contribution in [0.3, 0.4) is 0 Å². The van der Waals surface area contributed by atoms with Crippen molar-refractivity contribution in [2.75, 3.05) is 6.61 Å². The molecule has 0 amide bonds. The van der Waals surface area contributed by atoms with Gasteiger partial charge in [0.05, 0.1) is 18.1 Å². The number of nitriles is 1. The van der Waals surface area contributed by atoms with Gasteiger partial charge in [-0.1, -0.05) is 24.6 Å². The minimum absolute atomic E-state index is 0.0856. The Kier molecular flexibility index (Phi) is 2.99. The molecule has 1 aromatic rings. The van der Waals surface area contributed by atoms with Gasteiger partial charge >= 0.3 is 0 Å². The quantitative estimate of drug-likeness (QED) is 0.803. The number of hydrogen-bond acceptors (Lipinski definition) is 2. The van der Waals surface area contributed by atoms with Crippen LogP contribution in [0, 0.1) is 28.6 Å². The van der Waals surface area contributed by atoms with Crippen molar-refractivity contribution in [3.8, 4) is 11.8 Å². The summed E-state index contributed by atoms with van der Waals surface area (Å²) >= 11 is 0. The number of ether oxygens (including phenoxy) is 1. The largest absolute Gasteiger partial charge is 0.494 e. The van der Waals surface area contributed by atoms with E-state index in [0.29, 0.717) is 12.5 Å². The Balaban J connectivity index is 1.58. The predicted octanol–water partition coefficient (Wildman–Crippen LogP) is 3.79. The van der Waals surface area contributed by atoms with E-state index in [1.165, 1.54) is 19.3 Å². The van der Waals surface area contributed by atoms with Gasteiger partial charge in [-0.2, -0.15) is 5.26 Å². The van der Waals surface area contributed by atoms with Crippen LogP contribution < -0.4 is 4.74 Å². The molecular weight excluding hydrogens is 222 g/mol. The van der Waals surface area contributed by atoms with Crippen LogP contribution in [-0.2, 0) is 0 Å². The molecule has 94 valence electrons. The summed E-state index contributed by atoms with van der Waals surface area (Å²) in [5.74, 6) is 2.35. The van der Waals surface area contributed by atoms with E-state index in [9.17, 15) is 5.26 Å². The zero-order chi connectivity index (χ0) is 12.4. The number of rotatable bonds is 4. The Hall–Kier alpha value is -1.49. The first-order valence-electron chi connectivity index (χ1n) is 6.91. The number of nitrogens with zero attached hydrogens (tertiary/aromatic N) is 1. The van der Waals surface area contributed by atoms with Gasteiger partial charge in [-0.3, -0.25) is 0 Å². The first-order chi connectivity index (χ1) is 8.82. The third-order valence-electron chi connectivity index (χ3n) is 4.76. The van der Waals surface area contributed by atoms with Gasteiger partial charge in [-0.25, -0.2) is 0 Å². The molecule has 2 bridgehead atoms. The maximum absolute atomic E-state index is 9.53. The van der Waals surface area contributed by atoms with Gasteiger partial charge in [0.1, 0.15) is 5.75 Å². The number of para-hydroxylation sites is 1. The predicted molar refractivity (Wildman–Crippen MR) is 70.0 cm³/mol. The van der Waals surface area contributed by atoms with Crippen molar-refractivity contribution in [3.05, 3.63) is 30.3 Å². The van der Waals surface area contributed by atoms with Crippen LogP contribution in [0.1, 0.15) is 32.1 Å². The van der Waals surface area contributed by atoms with Crippen molar-refractivity contribution in [1.82, 2.24) is 0 Å². The second-order valence-electron chi connectivity index (χ2n) is 5.76. The Morgan fingerprint density at radius 1 is 1.28 bits per heavy atom. The lowest BCUT2D eigenvalue weighted by molar-refractivity contribution is 0.176. The first-order valence-corrected chi connectivity index (χ1v) is 6.91. The maximum atomic E-state index is 9.53. The molecular formula is C16H19NO. The highest BCUT2D eigenvalue weighted by Gasteiger charge is 2.51. The van der Waals surface area contributed by atoms with Gasteiger partial charge < -0.3 is 4.74 Å². The maximum Gasteiger partial charge on any atom is 0.119 e. The van der Waals surface area contributed by atoms with E-state index in [4.69, 9.17) is 4.74 Å². The molecule has 0 aromatic heterocycles. The summed E-state index contributed by atoms with van der Waals surface area (Å²) in [4.78, 5) is 0. The second kappa shape index (κ2) is 4.65. The molecule has 2 fully saturated rings. The summed E-state index contributed by atoms with van der Waals surface area (Å²) in [5, 5.41) is 9.53. The van der Waals surface area contributed by atoms with Crippen LogP contribution in [0.25, 0.3) is 0 Å². The van der Waals surface area contributed by atoms with Crippen LogP contribution in [0.5, 0.6) is 5.75 Å². The molecule has 2 heteroatoms. The van der Waals surface area contributed by atoms with Gasteiger partial charge in [-0.15, -0.1) is 0 Å². The molecule has 0 spiro atoms. The van der Waals surface area contributed by atoms with Crippen LogP contribution in [0.2, 0.25) is 0 Å². The molecule has 3 atom stereocenters. The van der Waals surface area contributed by atoms with Gasteiger partial charge in [0.2, 0.25) is 0 Å². The highest BCUT2D eigenvalue weighted by molar-refractivity contribution is 5.21. The van der Waals surface area contributed by atoms with Crippen molar-refractivity contribution in [3.63, 3.8) is 0 Å². The molecule has 18 heavy (non-hydrogen) atoms. The van der Waals surface area contributed by atoms with E-state index in [2.05, 4.69) is 6.07 Å². The van der Waals surface area contributed by atoms with E-state index in [-0.39, 0.29) is 5.41 Å². The number of benzene rings is 1. The molecule has 3 unspecified atom stereocenters. The molecule has 0 radical (unpaired) electrons. The third kappa shape index (κ3) is 1.99. The van der Waals surface area contributed by atoms with E-state index in [0.717, 1.165) is 24.5 Å². The van der Waals surface area contributed by atoms with Crippen LogP contribution in [-0.4, -0.2) is 6.61 Å². The lowest BCUT2D eigenvalue weighted by atomic mass is 9.72. The van der Waals surface area contributed by atoms with Crippen molar-refractivity contribution < 1.29 is 4.74 Å². The van der Waals surface area contributed by atoms with E-state index < -0.39 is 0 Å². The molecule has 2 nitrogen and oxygen atoms in total. The minimum atomic E-state index is -0.0856. The highest BCUT2D eigenvalue weighted by Crippen LogP contribution is 2.57. The Morgan fingerprint density at radius 2 is 2.11 bits per heavy atom. The summed E-state index contributed by atoms with van der Waals surface area (Å²) in [6.45, 7) is 0.667. The van der Waals surface area contributed by atoms with E-state index >= 15 is 0 Å². The molecule has 3 rings (SSSR count). The molecule has 0 heterocycles. The molecule has 0 N–H and O–H groups in total. The molecule has 1 aromatic carbocycles. The normalized spacial score (nSPS) is 33.3. The van der Waals surface area contributed by atoms with E-state index in [1.54, 1.807) is 0 Å². The monoisotopic (exact) mass is 241 g/mol. The zero-order valence-electron chi connectivity index (χ0n) is 10.6. The highest BCUT2D eigenvalue weighted by atomic mass is 16.5. The van der Waals surface area contributed by atoms with Gasteiger partial charge in [0, 0.05) is 6.42 Å². The summed E-state index contributed by atoms with van der Waals surface area (Å²) in [6, 6.07) is 12.5. The van der Waals surface area contributed by atoms with E-state index in [1.807, 2.05) is 30.3 Å². The number of hydrogen-bond donors (Lipinski definition) is 0. The van der Waals surface area contributed by atoms with Crippen LogP contribution >= 0.6 is 0 Å². The van der Waals surface area contributed by atoms with Gasteiger partial charge in [-0.05, 0) is 43.2 Å². The average molecular weight is 241 g/mol. The Morgan fingerprint density at radius 3 is 2.72 bits per heavy atom. The fourth-order valence-corrected chi connectivity index (χ4v) is 3.81. The van der Waals surface area contributed by atoms with Crippen molar-refractivity contribution in [2.45, 2.75) is 32.1 Å². The van der Waals surface area contributed by atoms with Gasteiger partial charge in [0.15, 0.2) is 0 Å². The average Bonchev–Trinajstić information content (AvgIpc) is 3.01. The lowest BCUT2D eigenvalue weighted by Crippen LogP contribution is -2.28. The zero-order valence-corrected chi connectivity index (χ0v) is 10.6. The fourth-order valence-electron chi connectivity index (χ4n) is 3.81. The SMILES string of the molecule is N#CC1(CCOc2ccccc2)CC2CCC1C2.